The Balaban J connectivity index is 0.00000242. The molecular formula is C18H29ClN2O. The third-order valence-electron chi connectivity index (χ3n) is 4.76. The number of nitrogens with two attached hydrogens (primary N) is 1. The first kappa shape index (κ1) is 19.0. The SMILES string of the molecule is CC(C)C1CCCN(C(=O)C(CN)c2ccccc2)CC1.Cl. The first-order chi connectivity index (χ1) is 10.1. The van der Waals surface area contributed by atoms with Gasteiger partial charge in [0.15, 0.2) is 0 Å². The monoisotopic (exact) mass is 324 g/mol. The Labute approximate surface area is 140 Å². The highest BCUT2D eigenvalue weighted by atomic mass is 35.5. The zero-order valence-electron chi connectivity index (χ0n) is 13.7. The number of halogens is 1. The van der Waals surface area contributed by atoms with Crippen molar-refractivity contribution in [3.63, 3.8) is 0 Å². The summed E-state index contributed by atoms with van der Waals surface area (Å²) in [4.78, 5) is 14.8. The summed E-state index contributed by atoms with van der Waals surface area (Å²) in [7, 11) is 0. The molecule has 1 saturated heterocycles. The fourth-order valence-corrected chi connectivity index (χ4v) is 3.29. The summed E-state index contributed by atoms with van der Waals surface area (Å²) in [5, 5.41) is 0. The third kappa shape index (κ3) is 4.72. The van der Waals surface area contributed by atoms with E-state index in [4.69, 9.17) is 5.73 Å². The summed E-state index contributed by atoms with van der Waals surface area (Å²) < 4.78 is 0. The van der Waals surface area contributed by atoms with Crippen LogP contribution in [0.1, 0.15) is 44.6 Å². The lowest BCUT2D eigenvalue weighted by Crippen LogP contribution is -2.38. The highest BCUT2D eigenvalue weighted by molar-refractivity contribution is 5.85. The number of likely N-dealkylation sites (tertiary alicyclic amines) is 1. The number of carbonyl (C=O) groups is 1. The first-order valence-electron chi connectivity index (χ1n) is 8.17. The zero-order chi connectivity index (χ0) is 15.2. The Bertz CT molecular complexity index is 450. The summed E-state index contributed by atoms with van der Waals surface area (Å²) in [6, 6.07) is 9.93. The molecule has 1 aliphatic rings. The van der Waals surface area contributed by atoms with Crippen LogP contribution in [0.3, 0.4) is 0 Å². The minimum absolute atomic E-state index is 0. The van der Waals surface area contributed by atoms with Gasteiger partial charge in [0.1, 0.15) is 0 Å². The predicted molar refractivity (Wildman–Crippen MR) is 94.2 cm³/mol. The molecule has 3 nitrogen and oxygen atoms in total. The van der Waals surface area contributed by atoms with E-state index in [0.717, 1.165) is 37.4 Å². The summed E-state index contributed by atoms with van der Waals surface area (Å²) in [5.41, 5.74) is 6.92. The molecule has 0 aliphatic carbocycles. The number of nitrogens with zero attached hydrogens (tertiary/aromatic N) is 1. The van der Waals surface area contributed by atoms with Gasteiger partial charge in [0.2, 0.25) is 5.91 Å². The van der Waals surface area contributed by atoms with Crippen LogP contribution in [0.4, 0.5) is 0 Å². The number of carbonyl (C=O) groups excluding carboxylic acids is 1. The van der Waals surface area contributed by atoms with Crippen molar-refractivity contribution in [1.29, 1.82) is 0 Å². The van der Waals surface area contributed by atoms with Crippen LogP contribution < -0.4 is 5.73 Å². The molecule has 0 spiro atoms. The van der Waals surface area contributed by atoms with Gasteiger partial charge < -0.3 is 10.6 Å². The third-order valence-corrected chi connectivity index (χ3v) is 4.76. The zero-order valence-corrected chi connectivity index (χ0v) is 14.5. The van der Waals surface area contributed by atoms with Gasteiger partial charge in [0.25, 0.3) is 0 Å². The van der Waals surface area contributed by atoms with Crippen LogP contribution in [0, 0.1) is 11.8 Å². The lowest BCUT2D eigenvalue weighted by Gasteiger charge is -2.26. The predicted octanol–water partition coefficient (Wildman–Crippen LogP) is 3.44. The lowest BCUT2D eigenvalue weighted by atomic mass is 9.89. The second kappa shape index (κ2) is 9.16. The summed E-state index contributed by atoms with van der Waals surface area (Å²) in [6.45, 7) is 6.72. The van der Waals surface area contributed by atoms with E-state index in [1.807, 2.05) is 35.2 Å². The van der Waals surface area contributed by atoms with Gasteiger partial charge in [-0.25, -0.2) is 0 Å². The van der Waals surface area contributed by atoms with Crippen LogP contribution in [-0.4, -0.2) is 30.4 Å². The highest BCUT2D eigenvalue weighted by Crippen LogP contribution is 2.26. The Morgan fingerprint density at radius 1 is 1.23 bits per heavy atom. The molecule has 1 aromatic carbocycles. The van der Waals surface area contributed by atoms with Gasteiger partial charge in [-0.05, 0) is 36.7 Å². The van der Waals surface area contributed by atoms with E-state index in [9.17, 15) is 4.79 Å². The Morgan fingerprint density at radius 2 is 1.91 bits per heavy atom. The largest absolute Gasteiger partial charge is 0.342 e. The number of rotatable bonds is 4. The van der Waals surface area contributed by atoms with Crippen LogP contribution >= 0.6 is 12.4 Å². The summed E-state index contributed by atoms with van der Waals surface area (Å²) in [5.74, 6) is 1.46. The van der Waals surface area contributed by atoms with Gasteiger partial charge in [0, 0.05) is 19.6 Å². The van der Waals surface area contributed by atoms with Gasteiger partial charge in [-0.15, -0.1) is 12.4 Å². The van der Waals surface area contributed by atoms with E-state index >= 15 is 0 Å². The van der Waals surface area contributed by atoms with Gasteiger partial charge in [-0.1, -0.05) is 44.2 Å². The Kier molecular flexibility index (Phi) is 7.91. The minimum Gasteiger partial charge on any atom is -0.342 e. The standard InChI is InChI=1S/C18H28N2O.ClH/c1-14(2)15-9-6-11-20(12-10-15)18(21)17(13-19)16-7-4-3-5-8-16;/h3-5,7-8,14-15,17H,6,9-13,19H2,1-2H3;1H. The van der Waals surface area contributed by atoms with E-state index in [1.54, 1.807) is 0 Å². The van der Waals surface area contributed by atoms with Crippen LogP contribution in [0.2, 0.25) is 0 Å². The molecule has 1 amide bonds. The molecular weight excluding hydrogens is 296 g/mol. The molecule has 2 unspecified atom stereocenters. The molecule has 1 heterocycles. The Morgan fingerprint density at radius 3 is 2.50 bits per heavy atom. The average molecular weight is 325 g/mol. The number of amides is 1. The van der Waals surface area contributed by atoms with Crippen molar-refractivity contribution < 1.29 is 4.79 Å². The molecule has 2 N–H and O–H groups in total. The molecule has 124 valence electrons. The molecule has 2 rings (SSSR count). The first-order valence-corrected chi connectivity index (χ1v) is 8.17. The van der Waals surface area contributed by atoms with Crippen LogP contribution in [0.5, 0.6) is 0 Å². The second-order valence-corrected chi connectivity index (χ2v) is 6.46. The minimum atomic E-state index is -0.193. The smallest absolute Gasteiger partial charge is 0.231 e. The molecule has 2 atom stereocenters. The molecule has 4 heteroatoms. The maximum absolute atomic E-state index is 12.8. The maximum Gasteiger partial charge on any atom is 0.231 e. The van der Waals surface area contributed by atoms with Crippen molar-refractivity contribution in [2.75, 3.05) is 19.6 Å². The summed E-state index contributed by atoms with van der Waals surface area (Å²) in [6.07, 6.45) is 3.47. The molecule has 22 heavy (non-hydrogen) atoms. The van der Waals surface area contributed by atoms with E-state index < -0.39 is 0 Å². The molecule has 1 aromatic rings. The van der Waals surface area contributed by atoms with E-state index in [2.05, 4.69) is 13.8 Å². The summed E-state index contributed by atoms with van der Waals surface area (Å²) >= 11 is 0. The van der Waals surface area contributed by atoms with Crippen molar-refractivity contribution in [2.45, 2.75) is 39.0 Å². The van der Waals surface area contributed by atoms with E-state index in [0.29, 0.717) is 12.5 Å². The number of benzene rings is 1. The molecule has 0 saturated carbocycles. The van der Waals surface area contributed by atoms with Crippen molar-refractivity contribution in [3.8, 4) is 0 Å². The van der Waals surface area contributed by atoms with E-state index in [1.165, 1.54) is 6.42 Å². The van der Waals surface area contributed by atoms with Gasteiger partial charge >= 0.3 is 0 Å². The van der Waals surface area contributed by atoms with Crippen molar-refractivity contribution in [1.82, 2.24) is 4.90 Å². The molecule has 1 aliphatic heterocycles. The van der Waals surface area contributed by atoms with Crippen LogP contribution in [-0.2, 0) is 4.79 Å². The fourth-order valence-electron chi connectivity index (χ4n) is 3.29. The van der Waals surface area contributed by atoms with Gasteiger partial charge in [-0.2, -0.15) is 0 Å². The Hall–Kier alpha value is -1.06. The average Bonchev–Trinajstić information content (AvgIpc) is 2.75. The second-order valence-electron chi connectivity index (χ2n) is 6.46. The van der Waals surface area contributed by atoms with Crippen molar-refractivity contribution >= 4 is 18.3 Å². The fraction of sp³-hybridized carbons (Fsp3) is 0.611. The molecule has 0 bridgehead atoms. The quantitative estimate of drug-likeness (QED) is 0.922. The molecule has 1 fully saturated rings. The number of hydrogen-bond acceptors (Lipinski definition) is 2. The molecule has 0 radical (unpaired) electrons. The lowest BCUT2D eigenvalue weighted by molar-refractivity contribution is -0.132. The topological polar surface area (TPSA) is 46.3 Å². The van der Waals surface area contributed by atoms with Crippen LogP contribution in [0.15, 0.2) is 30.3 Å². The highest BCUT2D eigenvalue weighted by Gasteiger charge is 2.27. The van der Waals surface area contributed by atoms with Crippen molar-refractivity contribution in [2.24, 2.45) is 17.6 Å². The maximum atomic E-state index is 12.8. The normalized spacial score (nSPS) is 20.2. The van der Waals surface area contributed by atoms with Gasteiger partial charge in [-0.3, -0.25) is 4.79 Å². The number of hydrogen-bond donors (Lipinski definition) is 1. The van der Waals surface area contributed by atoms with Crippen molar-refractivity contribution in [3.05, 3.63) is 35.9 Å². The van der Waals surface area contributed by atoms with Gasteiger partial charge in [0.05, 0.1) is 5.92 Å². The van der Waals surface area contributed by atoms with Crippen LogP contribution in [0.25, 0.3) is 0 Å². The van der Waals surface area contributed by atoms with E-state index in [-0.39, 0.29) is 24.2 Å². The molecule has 0 aromatic heterocycles.